The molecular formula is C19H30ClN3O2. The quantitative estimate of drug-likeness (QED) is 0.862. The number of carbonyl (C=O) groups excluding carboxylic acids is 1. The van der Waals surface area contributed by atoms with Gasteiger partial charge in [0.05, 0.1) is 23.6 Å². The van der Waals surface area contributed by atoms with Gasteiger partial charge in [0.15, 0.2) is 0 Å². The number of ether oxygens (including phenoxy) is 1. The molecule has 1 aromatic carbocycles. The van der Waals surface area contributed by atoms with Gasteiger partial charge in [-0.15, -0.1) is 12.4 Å². The van der Waals surface area contributed by atoms with Crippen molar-refractivity contribution in [3.8, 4) is 0 Å². The second-order valence-corrected chi connectivity index (χ2v) is 7.25. The molecule has 1 aromatic rings. The number of hydrogen-bond acceptors (Lipinski definition) is 4. The van der Waals surface area contributed by atoms with Gasteiger partial charge in [-0.05, 0) is 52.3 Å². The number of piperidine rings is 1. The summed E-state index contributed by atoms with van der Waals surface area (Å²) in [6, 6.07) is 8.51. The van der Waals surface area contributed by atoms with Crippen LogP contribution in [0.25, 0.3) is 0 Å². The number of amides is 1. The van der Waals surface area contributed by atoms with Crippen LogP contribution in [0.3, 0.4) is 0 Å². The third-order valence-electron chi connectivity index (χ3n) is 4.92. The molecule has 2 aliphatic rings. The summed E-state index contributed by atoms with van der Waals surface area (Å²) in [6.45, 7) is 8.95. The minimum atomic E-state index is 0. The minimum Gasteiger partial charge on any atom is -0.372 e. The minimum absolute atomic E-state index is 0. The zero-order chi connectivity index (χ0) is 17.1. The number of nitrogens with one attached hydrogen (secondary N) is 2. The molecule has 3 rings (SSSR count). The summed E-state index contributed by atoms with van der Waals surface area (Å²) in [7, 11) is 0. The van der Waals surface area contributed by atoms with E-state index in [9.17, 15) is 4.79 Å². The molecule has 25 heavy (non-hydrogen) atoms. The lowest BCUT2D eigenvalue weighted by atomic mass is 9.92. The molecule has 140 valence electrons. The van der Waals surface area contributed by atoms with Gasteiger partial charge in [-0.3, -0.25) is 4.79 Å². The first-order chi connectivity index (χ1) is 11.5. The average Bonchev–Trinajstić information content (AvgIpc) is 2.54. The monoisotopic (exact) mass is 367 g/mol. The highest BCUT2D eigenvalue weighted by molar-refractivity contribution is 5.96. The summed E-state index contributed by atoms with van der Waals surface area (Å²) < 4.78 is 5.83. The molecular weight excluding hydrogens is 338 g/mol. The third kappa shape index (κ3) is 5.09. The molecule has 0 saturated carbocycles. The van der Waals surface area contributed by atoms with Crippen LogP contribution in [0.5, 0.6) is 0 Å². The normalized spacial score (nSPS) is 29.6. The fourth-order valence-electron chi connectivity index (χ4n) is 3.83. The Labute approximate surface area is 156 Å². The van der Waals surface area contributed by atoms with Gasteiger partial charge in [0.25, 0.3) is 0 Å². The Bertz CT molecular complexity index is 574. The van der Waals surface area contributed by atoms with Gasteiger partial charge in [0.2, 0.25) is 5.91 Å². The van der Waals surface area contributed by atoms with Crippen molar-refractivity contribution in [1.82, 2.24) is 5.32 Å². The highest BCUT2D eigenvalue weighted by Gasteiger charge is 2.27. The van der Waals surface area contributed by atoms with Crippen LogP contribution in [0.2, 0.25) is 0 Å². The highest BCUT2D eigenvalue weighted by Crippen LogP contribution is 2.29. The summed E-state index contributed by atoms with van der Waals surface area (Å²) in [5.74, 6) is 0.238. The van der Waals surface area contributed by atoms with Gasteiger partial charge in [-0.1, -0.05) is 12.1 Å². The lowest BCUT2D eigenvalue weighted by Crippen LogP contribution is -2.46. The first kappa shape index (κ1) is 20.0. The van der Waals surface area contributed by atoms with E-state index in [2.05, 4.69) is 42.4 Å². The molecule has 2 aliphatic heterocycles. The van der Waals surface area contributed by atoms with Crippen LogP contribution >= 0.6 is 12.4 Å². The highest BCUT2D eigenvalue weighted by atomic mass is 35.5. The molecule has 0 aromatic heterocycles. The second-order valence-electron chi connectivity index (χ2n) is 7.25. The topological polar surface area (TPSA) is 53.6 Å². The van der Waals surface area contributed by atoms with Crippen LogP contribution < -0.4 is 15.5 Å². The van der Waals surface area contributed by atoms with Crippen LogP contribution in [0, 0.1) is 5.92 Å². The molecule has 2 saturated heterocycles. The number of carbonyl (C=O) groups is 1. The Morgan fingerprint density at radius 1 is 1.20 bits per heavy atom. The Balaban J connectivity index is 0.00000225. The standard InChI is InChI=1S/C19H29N3O2.ClH/c1-13-10-16(8-9-20-13)19(23)21-17-6-4-5-7-18(17)22-11-14(2)24-15(3)12-22;/h4-7,13-16,20H,8-12H2,1-3H3,(H,21,23);1H/t13-,14?,15?,16-;/m0./s1. The van der Waals surface area contributed by atoms with E-state index in [0.717, 1.165) is 43.9 Å². The van der Waals surface area contributed by atoms with Crippen molar-refractivity contribution >= 4 is 29.7 Å². The Kier molecular flexibility index (Phi) is 7.11. The van der Waals surface area contributed by atoms with E-state index < -0.39 is 0 Å². The molecule has 0 bridgehead atoms. The maximum absolute atomic E-state index is 12.7. The van der Waals surface area contributed by atoms with Crippen LogP contribution in [0.1, 0.15) is 33.6 Å². The molecule has 2 fully saturated rings. The predicted octanol–water partition coefficient (Wildman–Crippen LogP) is 3.05. The van der Waals surface area contributed by atoms with E-state index in [1.165, 1.54) is 0 Å². The molecule has 0 spiro atoms. The molecule has 6 heteroatoms. The molecule has 2 N–H and O–H groups in total. The summed E-state index contributed by atoms with van der Waals surface area (Å²) in [6.07, 6.45) is 2.20. The molecule has 1 amide bonds. The van der Waals surface area contributed by atoms with Gasteiger partial charge >= 0.3 is 0 Å². The summed E-state index contributed by atoms with van der Waals surface area (Å²) in [4.78, 5) is 15.0. The van der Waals surface area contributed by atoms with Crippen LogP contribution in [-0.4, -0.2) is 43.8 Å². The number of halogens is 1. The van der Waals surface area contributed by atoms with E-state index in [0.29, 0.717) is 6.04 Å². The fourth-order valence-corrected chi connectivity index (χ4v) is 3.83. The molecule has 0 radical (unpaired) electrons. The van der Waals surface area contributed by atoms with Crippen molar-refractivity contribution in [3.05, 3.63) is 24.3 Å². The van der Waals surface area contributed by atoms with Crippen LogP contribution in [0.15, 0.2) is 24.3 Å². The van der Waals surface area contributed by atoms with Crippen molar-refractivity contribution in [1.29, 1.82) is 0 Å². The zero-order valence-electron chi connectivity index (χ0n) is 15.3. The molecule has 0 aliphatic carbocycles. The first-order valence-electron chi connectivity index (χ1n) is 9.06. The smallest absolute Gasteiger partial charge is 0.227 e. The SMILES string of the molecule is CC1CN(c2ccccc2NC(=O)[C@H]2CCN[C@@H](C)C2)CC(C)O1.Cl. The van der Waals surface area contributed by atoms with Gasteiger partial charge in [0, 0.05) is 25.0 Å². The van der Waals surface area contributed by atoms with E-state index in [1.54, 1.807) is 0 Å². The molecule has 5 nitrogen and oxygen atoms in total. The summed E-state index contributed by atoms with van der Waals surface area (Å²) >= 11 is 0. The van der Waals surface area contributed by atoms with Gasteiger partial charge in [0.1, 0.15) is 0 Å². The maximum atomic E-state index is 12.7. The van der Waals surface area contributed by atoms with E-state index in [4.69, 9.17) is 4.74 Å². The fraction of sp³-hybridized carbons (Fsp3) is 0.632. The van der Waals surface area contributed by atoms with Gasteiger partial charge < -0.3 is 20.3 Å². The number of para-hydroxylation sites is 2. The Hall–Kier alpha value is -1.30. The number of hydrogen-bond donors (Lipinski definition) is 2. The summed E-state index contributed by atoms with van der Waals surface area (Å²) in [5, 5.41) is 6.58. The van der Waals surface area contributed by atoms with Crippen LogP contribution in [-0.2, 0) is 9.53 Å². The van der Waals surface area contributed by atoms with Crippen molar-refractivity contribution in [3.63, 3.8) is 0 Å². The van der Waals surface area contributed by atoms with E-state index >= 15 is 0 Å². The van der Waals surface area contributed by atoms with Crippen LogP contribution in [0.4, 0.5) is 11.4 Å². The Morgan fingerprint density at radius 2 is 1.88 bits per heavy atom. The maximum Gasteiger partial charge on any atom is 0.227 e. The largest absolute Gasteiger partial charge is 0.372 e. The van der Waals surface area contributed by atoms with E-state index in [-0.39, 0.29) is 36.4 Å². The zero-order valence-corrected chi connectivity index (χ0v) is 16.1. The van der Waals surface area contributed by atoms with Crippen molar-refractivity contribution < 1.29 is 9.53 Å². The summed E-state index contributed by atoms with van der Waals surface area (Å²) in [5.41, 5.74) is 2.00. The van der Waals surface area contributed by atoms with Gasteiger partial charge in [-0.2, -0.15) is 0 Å². The Morgan fingerprint density at radius 3 is 2.56 bits per heavy atom. The average molecular weight is 368 g/mol. The van der Waals surface area contributed by atoms with Crippen molar-refractivity contribution in [2.24, 2.45) is 5.92 Å². The lowest BCUT2D eigenvalue weighted by Gasteiger charge is -2.38. The predicted molar refractivity (Wildman–Crippen MR) is 105 cm³/mol. The second kappa shape index (κ2) is 8.88. The molecule has 2 heterocycles. The number of rotatable bonds is 3. The molecule has 4 atom stereocenters. The number of anilines is 2. The molecule has 2 unspecified atom stereocenters. The first-order valence-corrected chi connectivity index (χ1v) is 9.06. The van der Waals surface area contributed by atoms with E-state index in [1.807, 2.05) is 18.2 Å². The van der Waals surface area contributed by atoms with Gasteiger partial charge in [-0.25, -0.2) is 0 Å². The number of nitrogens with zero attached hydrogens (tertiary/aromatic N) is 1. The number of morpholine rings is 1. The third-order valence-corrected chi connectivity index (χ3v) is 4.92. The number of benzene rings is 1. The van der Waals surface area contributed by atoms with Crippen molar-refractivity contribution in [2.45, 2.75) is 51.9 Å². The lowest BCUT2D eigenvalue weighted by molar-refractivity contribution is -0.120. The van der Waals surface area contributed by atoms with Crippen molar-refractivity contribution in [2.75, 3.05) is 29.9 Å².